The average Bonchev–Trinajstić information content (AvgIpc) is 3.33. The molecule has 0 unspecified atom stereocenters. The highest BCUT2D eigenvalue weighted by atomic mass is 32.2. The zero-order valence-corrected chi connectivity index (χ0v) is 18.2. The summed E-state index contributed by atoms with van der Waals surface area (Å²) in [6, 6.07) is 2.37. The normalized spacial score (nSPS) is 17.1. The number of hydrogen-bond donors (Lipinski definition) is 3. The Morgan fingerprint density at radius 2 is 1.61 bits per heavy atom. The Morgan fingerprint density at radius 3 is 2.16 bits per heavy atom. The van der Waals surface area contributed by atoms with Crippen LogP contribution >= 0.6 is 0 Å². The summed E-state index contributed by atoms with van der Waals surface area (Å²) >= 11 is 0. The molecule has 31 heavy (non-hydrogen) atoms. The van der Waals surface area contributed by atoms with Crippen molar-refractivity contribution >= 4 is 21.6 Å². The van der Waals surface area contributed by atoms with Crippen molar-refractivity contribution in [1.29, 1.82) is 0 Å². The van der Waals surface area contributed by atoms with Crippen molar-refractivity contribution < 1.29 is 22.9 Å². The van der Waals surface area contributed by atoms with E-state index in [9.17, 15) is 22.9 Å². The topological polar surface area (TPSA) is 105 Å². The Balaban J connectivity index is 1.72. The predicted molar refractivity (Wildman–Crippen MR) is 114 cm³/mol. The number of rotatable bonds is 3. The van der Waals surface area contributed by atoms with Crippen LogP contribution < -0.4 is 10.5 Å². The minimum absolute atomic E-state index is 0.158. The van der Waals surface area contributed by atoms with Crippen molar-refractivity contribution in [3.8, 4) is 0 Å². The van der Waals surface area contributed by atoms with Crippen molar-refractivity contribution in [3.63, 3.8) is 0 Å². The van der Waals surface area contributed by atoms with Crippen LogP contribution in [-0.2, 0) is 41.2 Å². The van der Waals surface area contributed by atoms with Crippen LogP contribution in [0.15, 0.2) is 27.5 Å². The van der Waals surface area contributed by atoms with Crippen molar-refractivity contribution in [1.82, 2.24) is 0 Å². The zero-order chi connectivity index (χ0) is 22.6. The minimum Gasteiger partial charge on any atom is -0.386 e. The number of carbonyl (C=O) groups excluding carboxylic acids is 1. The molecule has 2 aliphatic rings. The number of aliphatic hydroxyl groups is 1. The van der Waals surface area contributed by atoms with Gasteiger partial charge in [-0.2, -0.15) is 0 Å². The molecule has 0 saturated carbocycles. The second-order valence-electron chi connectivity index (χ2n) is 8.64. The Kier molecular flexibility index (Phi) is 5.39. The summed E-state index contributed by atoms with van der Waals surface area (Å²) in [4.78, 5) is 12.5. The molecule has 0 spiro atoms. The van der Waals surface area contributed by atoms with E-state index in [-0.39, 0.29) is 16.3 Å². The fourth-order valence-corrected chi connectivity index (χ4v) is 5.40. The lowest BCUT2D eigenvalue weighted by Gasteiger charge is -2.19. The van der Waals surface area contributed by atoms with Gasteiger partial charge in [-0.1, -0.05) is 0 Å². The van der Waals surface area contributed by atoms with Gasteiger partial charge in [-0.15, -0.1) is 4.36 Å². The number of benzene rings is 2. The van der Waals surface area contributed by atoms with Crippen LogP contribution in [0, 0.1) is 11.6 Å². The van der Waals surface area contributed by atoms with Gasteiger partial charge < -0.3 is 10.4 Å². The van der Waals surface area contributed by atoms with E-state index in [4.69, 9.17) is 5.14 Å². The van der Waals surface area contributed by atoms with E-state index in [0.29, 0.717) is 42.5 Å². The fourth-order valence-electron chi connectivity index (χ4n) is 4.43. The molecule has 0 bridgehead atoms. The molecule has 2 aliphatic carbocycles. The summed E-state index contributed by atoms with van der Waals surface area (Å²) in [7, 11) is -3.78. The summed E-state index contributed by atoms with van der Waals surface area (Å²) in [5.74, 6) is -0.922. The molecule has 0 aliphatic heterocycles. The highest BCUT2D eigenvalue weighted by molar-refractivity contribution is 7.91. The SMILES string of the molecule is CC(C)(O)c1cc(F)cc([S@@](N)(=O)=NC(=O)Nc2c3c(c(F)c4c2CCC4)CCC3)c1. The number of halogens is 2. The lowest BCUT2D eigenvalue weighted by atomic mass is 9.98. The van der Waals surface area contributed by atoms with Gasteiger partial charge in [0.15, 0.2) is 0 Å². The number of carbonyl (C=O) groups is 1. The standard InChI is InChI=1S/C22H25F2N3O3S/c1-22(2,29)12-9-13(23)11-14(10-12)31(25,30)27-21(28)26-20-17-7-3-5-15(17)19(24)16-6-4-8-18(16)20/h9-11,29H,3-8H2,1-2H3,(H3,25,26,27,28,30)/t31-/m0/s1. The fraction of sp³-hybridized carbons (Fsp3) is 0.409. The number of hydrogen-bond acceptors (Lipinski definition) is 3. The maximum absolute atomic E-state index is 14.8. The number of nitrogens with two attached hydrogens (primary N) is 1. The molecule has 2 amide bonds. The van der Waals surface area contributed by atoms with Gasteiger partial charge >= 0.3 is 6.03 Å². The molecular formula is C22H25F2N3O3S. The Morgan fingerprint density at radius 1 is 1.06 bits per heavy atom. The average molecular weight is 450 g/mol. The monoisotopic (exact) mass is 449 g/mol. The highest BCUT2D eigenvalue weighted by Crippen LogP contribution is 2.41. The number of urea groups is 1. The molecule has 0 radical (unpaired) electrons. The van der Waals surface area contributed by atoms with E-state index in [1.807, 2.05) is 0 Å². The third-order valence-corrected chi connectivity index (χ3v) is 7.28. The van der Waals surface area contributed by atoms with Crippen LogP contribution in [0.4, 0.5) is 19.3 Å². The lowest BCUT2D eigenvalue weighted by molar-refractivity contribution is 0.0780. The molecule has 9 heteroatoms. The second-order valence-corrected chi connectivity index (χ2v) is 10.4. The Hall–Kier alpha value is -2.36. The van der Waals surface area contributed by atoms with Gasteiger partial charge in [0, 0.05) is 5.69 Å². The van der Waals surface area contributed by atoms with Crippen molar-refractivity contribution in [3.05, 3.63) is 57.7 Å². The number of fused-ring (bicyclic) bond motifs is 2. The second kappa shape index (κ2) is 7.65. The smallest absolute Gasteiger partial charge is 0.354 e. The number of nitrogens with zero attached hydrogens (tertiary/aromatic N) is 1. The van der Waals surface area contributed by atoms with E-state index >= 15 is 0 Å². The van der Waals surface area contributed by atoms with Gasteiger partial charge in [0.25, 0.3) is 0 Å². The molecule has 0 saturated heterocycles. The first-order chi connectivity index (χ1) is 14.5. The van der Waals surface area contributed by atoms with Crippen LogP contribution in [0.1, 0.15) is 54.5 Å². The molecule has 0 fully saturated rings. The largest absolute Gasteiger partial charge is 0.386 e. The molecule has 4 N–H and O–H groups in total. The summed E-state index contributed by atoms with van der Waals surface area (Å²) in [5.41, 5.74) is 2.09. The third kappa shape index (κ3) is 4.09. The molecule has 166 valence electrons. The van der Waals surface area contributed by atoms with Gasteiger partial charge in [-0.25, -0.2) is 22.9 Å². The first-order valence-electron chi connectivity index (χ1n) is 10.2. The molecule has 2 aromatic rings. The first-order valence-corrected chi connectivity index (χ1v) is 11.8. The maximum atomic E-state index is 14.8. The van der Waals surface area contributed by atoms with Gasteiger partial charge in [-0.3, -0.25) is 0 Å². The molecule has 4 rings (SSSR count). The highest BCUT2D eigenvalue weighted by Gasteiger charge is 2.30. The predicted octanol–water partition coefficient (Wildman–Crippen LogP) is 4.10. The van der Waals surface area contributed by atoms with Crippen LogP contribution in [-0.4, -0.2) is 15.3 Å². The van der Waals surface area contributed by atoms with Gasteiger partial charge in [-0.05, 0) is 98.4 Å². The maximum Gasteiger partial charge on any atom is 0.354 e. The molecule has 6 nitrogen and oxygen atoms in total. The summed E-state index contributed by atoms with van der Waals surface area (Å²) in [6.45, 7) is 2.90. The summed E-state index contributed by atoms with van der Waals surface area (Å²) in [6.07, 6.45) is 4.12. The molecule has 2 aromatic carbocycles. The van der Waals surface area contributed by atoms with Crippen LogP contribution in [0.25, 0.3) is 0 Å². The number of anilines is 1. The number of nitrogens with one attached hydrogen (secondary N) is 1. The van der Waals surface area contributed by atoms with Crippen LogP contribution in [0.3, 0.4) is 0 Å². The van der Waals surface area contributed by atoms with E-state index in [1.54, 1.807) is 0 Å². The van der Waals surface area contributed by atoms with Crippen LogP contribution in [0.2, 0.25) is 0 Å². The van der Waals surface area contributed by atoms with Crippen molar-refractivity contribution in [2.45, 2.75) is 62.9 Å². The summed E-state index contributed by atoms with van der Waals surface area (Å²) < 4.78 is 45.4. The molecular weight excluding hydrogens is 424 g/mol. The lowest BCUT2D eigenvalue weighted by Crippen LogP contribution is -2.21. The van der Waals surface area contributed by atoms with Crippen molar-refractivity contribution in [2.75, 3.05) is 5.32 Å². The van der Waals surface area contributed by atoms with Crippen LogP contribution in [0.5, 0.6) is 0 Å². The quantitative estimate of drug-likeness (QED) is 0.657. The molecule has 0 aromatic heterocycles. The van der Waals surface area contributed by atoms with Crippen molar-refractivity contribution in [2.24, 2.45) is 9.50 Å². The molecule has 1 atom stereocenters. The third-order valence-electron chi connectivity index (χ3n) is 5.94. The first kappa shape index (κ1) is 21.9. The molecule has 0 heterocycles. The Labute approximate surface area is 180 Å². The summed E-state index contributed by atoms with van der Waals surface area (Å²) in [5, 5.41) is 18.6. The van der Waals surface area contributed by atoms with Gasteiger partial charge in [0.2, 0.25) is 0 Å². The zero-order valence-electron chi connectivity index (χ0n) is 17.4. The minimum atomic E-state index is -3.78. The van der Waals surface area contributed by atoms with Gasteiger partial charge in [0.05, 0.1) is 10.5 Å². The Bertz CT molecular complexity index is 1180. The van der Waals surface area contributed by atoms with E-state index in [0.717, 1.165) is 36.1 Å². The van der Waals surface area contributed by atoms with E-state index in [2.05, 4.69) is 9.68 Å². The van der Waals surface area contributed by atoms with E-state index in [1.165, 1.54) is 19.9 Å². The van der Waals surface area contributed by atoms with Gasteiger partial charge in [0.1, 0.15) is 21.5 Å². The van der Waals surface area contributed by atoms with E-state index < -0.39 is 27.4 Å². The number of amides is 2.